The van der Waals surface area contributed by atoms with E-state index in [1.807, 2.05) is 19.9 Å². The van der Waals surface area contributed by atoms with Crippen LogP contribution in [-0.2, 0) is 26.2 Å². The minimum atomic E-state index is -4.10. The van der Waals surface area contributed by atoms with Gasteiger partial charge in [0.05, 0.1) is 10.6 Å². The molecular formula is C28H31Cl2N3O4S. The Bertz CT molecular complexity index is 1380. The highest BCUT2D eigenvalue weighted by atomic mass is 35.5. The number of amides is 2. The first-order valence-corrected chi connectivity index (χ1v) is 14.4. The van der Waals surface area contributed by atoms with Gasteiger partial charge in [0.15, 0.2) is 0 Å². The Kier molecular flexibility index (Phi) is 10.2. The average molecular weight is 577 g/mol. The summed E-state index contributed by atoms with van der Waals surface area (Å²) in [5.41, 5.74) is 1.75. The molecular weight excluding hydrogens is 545 g/mol. The summed E-state index contributed by atoms with van der Waals surface area (Å²) in [6.45, 7) is 5.29. The van der Waals surface area contributed by atoms with Gasteiger partial charge in [0.2, 0.25) is 11.8 Å². The predicted octanol–water partition coefficient (Wildman–Crippen LogP) is 5.44. The van der Waals surface area contributed by atoms with Crippen molar-refractivity contribution in [3.8, 4) is 0 Å². The lowest BCUT2D eigenvalue weighted by atomic mass is 10.1. The predicted molar refractivity (Wildman–Crippen MR) is 152 cm³/mol. The lowest BCUT2D eigenvalue weighted by Crippen LogP contribution is -2.51. The molecule has 7 nitrogen and oxygen atoms in total. The third kappa shape index (κ3) is 7.28. The summed E-state index contributed by atoms with van der Waals surface area (Å²) < 4.78 is 28.5. The highest BCUT2D eigenvalue weighted by molar-refractivity contribution is 7.92. The second-order valence-electron chi connectivity index (χ2n) is 8.89. The standard InChI is InChI=1S/C28H31Cl2N3O4S/c1-4-15-31-28(35)21(3)32(18-22-13-14-23(29)17-26(22)30)27(34)19-33(24-10-8-9-20(2)16-24)38(36,37)25-11-6-5-7-12-25/h5-14,16-17,21H,4,15,18-19H2,1-3H3,(H,31,35)/t21-/m0/s1. The van der Waals surface area contributed by atoms with Crippen molar-refractivity contribution in [2.75, 3.05) is 17.4 Å². The first-order valence-electron chi connectivity index (χ1n) is 12.2. The molecule has 10 heteroatoms. The van der Waals surface area contributed by atoms with E-state index < -0.39 is 28.5 Å². The van der Waals surface area contributed by atoms with Crippen molar-refractivity contribution in [1.29, 1.82) is 0 Å². The Morgan fingerprint density at radius 1 is 0.974 bits per heavy atom. The van der Waals surface area contributed by atoms with Crippen molar-refractivity contribution in [3.05, 3.63) is 94.0 Å². The molecule has 0 bridgehead atoms. The molecule has 2 amide bonds. The zero-order chi connectivity index (χ0) is 27.9. The Morgan fingerprint density at radius 2 is 1.68 bits per heavy atom. The number of sulfonamides is 1. The van der Waals surface area contributed by atoms with Gasteiger partial charge >= 0.3 is 0 Å². The Labute approximate surface area is 234 Å². The topological polar surface area (TPSA) is 86.8 Å². The molecule has 0 aliphatic heterocycles. The number of nitrogens with one attached hydrogen (secondary N) is 1. The molecule has 0 fully saturated rings. The van der Waals surface area contributed by atoms with Crippen LogP contribution in [0.25, 0.3) is 0 Å². The minimum absolute atomic E-state index is 0.0113. The highest BCUT2D eigenvalue weighted by Gasteiger charge is 2.32. The van der Waals surface area contributed by atoms with Gasteiger partial charge in [-0.3, -0.25) is 13.9 Å². The number of hydrogen-bond acceptors (Lipinski definition) is 4. The van der Waals surface area contributed by atoms with Crippen LogP contribution in [0.2, 0.25) is 10.0 Å². The number of nitrogens with zero attached hydrogens (tertiary/aromatic N) is 2. The number of aryl methyl sites for hydroxylation is 1. The van der Waals surface area contributed by atoms with E-state index in [-0.39, 0.29) is 17.3 Å². The number of carbonyl (C=O) groups is 2. The van der Waals surface area contributed by atoms with E-state index in [2.05, 4.69) is 5.32 Å². The number of carbonyl (C=O) groups excluding carboxylic acids is 2. The van der Waals surface area contributed by atoms with Gasteiger partial charge in [-0.15, -0.1) is 0 Å². The molecule has 0 unspecified atom stereocenters. The monoisotopic (exact) mass is 575 g/mol. The van der Waals surface area contributed by atoms with Gasteiger partial charge in [-0.2, -0.15) is 0 Å². The fourth-order valence-electron chi connectivity index (χ4n) is 3.84. The Balaban J connectivity index is 2.03. The van der Waals surface area contributed by atoms with Crippen molar-refractivity contribution < 1.29 is 18.0 Å². The smallest absolute Gasteiger partial charge is 0.264 e. The largest absolute Gasteiger partial charge is 0.354 e. The maximum absolute atomic E-state index is 13.9. The van der Waals surface area contributed by atoms with Gasteiger partial charge in [0, 0.05) is 23.1 Å². The zero-order valence-electron chi connectivity index (χ0n) is 21.5. The first-order chi connectivity index (χ1) is 18.0. The first kappa shape index (κ1) is 29.5. The molecule has 0 saturated heterocycles. The molecule has 202 valence electrons. The molecule has 0 radical (unpaired) electrons. The summed E-state index contributed by atoms with van der Waals surface area (Å²) in [6, 6.07) is 18.8. The van der Waals surface area contributed by atoms with Crippen LogP contribution in [0.5, 0.6) is 0 Å². The lowest BCUT2D eigenvalue weighted by Gasteiger charge is -2.32. The Morgan fingerprint density at radius 3 is 2.32 bits per heavy atom. The normalized spacial score (nSPS) is 12.0. The van der Waals surface area contributed by atoms with Crippen molar-refractivity contribution in [2.24, 2.45) is 0 Å². The quantitative estimate of drug-likeness (QED) is 0.330. The summed E-state index contributed by atoms with van der Waals surface area (Å²) >= 11 is 12.4. The third-order valence-corrected chi connectivity index (χ3v) is 8.35. The average Bonchev–Trinajstić information content (AvgIpc) is 2.89. The number of rotatable bonds is 11. The van der Waals surface area contributed by atoms with Crippen LogP contribution in [-0.4, -0.2) is 44.3 Å². The van der Waals surface area contributed by atoms with Gasteiger partial charge in [-0.1, -0.05) is 66.5 Å². The maximum atomic E-state index is 13.9. The van der Waals surface area contributed by atoms with Gasteiger partial charge in [0.25, 0.3) is 10.0 Å². The van der Waals surface area contributed by atoms with E-state index in [1.165, 1.54) is 17.0 Å². The molecule has 3 rings (SSSR count). The molecule has 0 spiro atoms. The van der Waals surface area contributed by atoms with Crippen molar-refractivity contribution in [3.63, 3.8) is 0 Å². The molecule has 1 N–H and O–H groups in total. The van der Waals surface area contributed by atoms with Gasteiger partial charge in [-0.05, 0) is 67.8 Å². The van der Waals surface area contributed by atoms with Crippen LogP contribution in [0, 0.1) is 6.92 Å². The molecule has 0 aliphatic carbocycles. The fraction of sp³-hybridized carbons (Fsp3) is 0.286. The lowest BCUT2D eigenvalue weighted by molar-refractivity contribution is -0.139. The number of hydrogen-bond donors (Lipinski definition) is 1. The van der Waals surface area contributed by atoms with Crippen LogP contribution in [0.1, 0.15) is 31.4 Å². The van der Waals surface area contributed by atoms with Crippen LogP contribution in [0.15, 0.2) is 77.7 Å². The third-order valence-electron chi connectivity index (χ3n) is 5.97. The molecule has 38 heavy (non-hydrogen) atoms. The summed E-state index contributed by atoms with van der Waals surface area (Å²) in [5.74, 6) is -0.908. The number of benzene rings is 3. The zero-order valence-corrected chi connectivity index (χ0v) is 23.9. The number of halogens is 2. The molecule has 0 aliphatic rings. The molecule has 0 saturated carbocycles. The summed E-state index contributed by atoms with van der Waals surface area (Å²) in [4.78, 5) is 28.2. The van der Waals surface area contributed by atoms with Crippen molar-refractivity contribution in [1.82, 2.24) is 10.2 Å². The summed E-state index contributed by atoms with van der Waals surface area (Å²) in [6.07, 6.45) is 0.728. The SMILES string of the molecule is CCCNC(=O)[C@H](C)N(Cc1ccc(Cl)cc1Cl)C(=O)CN(c1cccc(C)c1)S(=O)(=O)c1ccccc1. The van der Waals surface area contributed by atoms with Gasteiger partial charge < -0.3 is 10.2 Å². The van der Waals surface area contributed by atoms with Gasteiger partial charge in [0.1, 0.15) is 12.6 Å². The van der Waals surface area contributed by atoms with Crippen LogP contribution in [0.4, 0.5) is 5.69 Å². The van der Waals surface area contributed by atoms with Crippen LogP contribution in [0.3, 0.4) is 0 Å². The fourth-order valence-corrected chi connectivity index (χ4v) is 5.74. The molecule has 0 aromatic heterocycles. The maximum Gasteiger partial charge on any atom is 0.264 e. The second-order valence-corrected chi connectivity index (χ2v) is 11.6. The Hall–Kier alpha value is -3.07. The van der Waals surface area contributed by atoms with E-state index in [4.69, 9.17) is 23.2 Å². The molecule has 3 aromatic carbocycles. The minimum Gasteiger partial charge on any atom is -0.354 e. The second kappa shape index (κ2) is 13.1. The summed E-state index contributed by atoms with van der Waals surface area (Å²) in [5, 5.41) is 3.58. The van der Waals surface area contributed by atoms with Crippen molar-refractivity contribution in [2.45, 2.75) is 44.7 Å². The van der Waals surface area contributed by atoms with E-state index in [9.17, 15) is 18.0 Å². The van der Waals surface area contributed by atoms with Gasteiger partial charge in [-0.25, -0.2) is 8.42 Å². The molecule has 1 atom stereocenters. The van der Waals surface area contributed by atoms with E-state index in [0.717, 1.165) is 16.3 Å². The van der Waals surface area contributed by atoms with E-state index >= 15 is 0 Å². The van der Waals surface area contributed by atoms with Crippen LogP contribution < -0.4 is 9.62 Å². The van der Waals surface area contributed by atoms with E-state index in [0.29, 0.717) is 27.8 Å². The number of anilines is 1. The van der Waals surface area contributed by atoms with E-state index in [1.54, 1.807) is 61.5 Å². The van der Waals surface area contributed by atoms with Crippen molar-refractivity contribution >= 4 is 50.7 Å². The highest BCUT2D eigenvalue weighted by Crippen LogP contribution is 2.27. The summed E-state index contributed by atoms with van der Waals surface area (Å²) in [7, 11) is -4.10. The van der Waals surface area contributed by atoms with Crippen LogP contribution >= 0.6 is 23.2 Å². The molecule has 0 heterocycles. The molecule has 3 aromatic rings.